The number of hydrogen-bond donors (Lipinski definition) is 0. The molecule has 3 heteroatoms. The van der Waals surface area contributed by atoms with Crippen LogP contribution in [0.1, 0.15) is 29.0 Å². The monoisotopic (exact) mass is 398 g/mol. The van der Waals surface area contributed by atoms with Gasteiger partial charge >= 0.3 is 0 Å². The third-order valence-corrected chi connectivity index (χ3v) is 6.07. The molecule has 0 N–H and O–H groups in total. The number of piperazine rings is 1. The van der Waals surface area contributed by atoms with Crippen molar-refractivity contribution in [3.8, 4) is 0 Å². The molecule has 30 heavy (non-hydrogen) atoms. The van der Waals surface area contributed by atoms with Gasteiger partial charge in [0, 0.05) is 45.1 Å². The van der Waals surface area contributed by atoms with Crippen LogP contribution in [-0.2, 0) is 11.2 Å². The summed E-state index contributed by atoms with van der Waals surface area (Å²) in [5.74, 6) is 0.367. The van der Waals surface area contributed by atoms with Crippen LogP contribution in [0.5, 0.6) is 0 Å². The molecular formula is C27H30N2O. The lowest BCUT2D eigenvalue weighted by atomic mass is 9.88. The Balaban J connectivity index is 1.34. The number of amides is 1. The number of hydrogen-bond acceptors (Lipinski definition) is 2. The van der Waals surface area contributed by atoms with Gasteiger partial charge in [-0.25, -0.2) is 0 Å². The largest absolute Gasteiger partial charge is 0.340 e. The predicted molar refractivity (Wildman–Crippen MR) is 123 cm³/mol. The average molecular weight is 399 g/mol. The van der Waals surface area contributed by atoms with Crippen molar-refractivity contribution in [1.29, 1.82) is 0 Å². The molecule has 154 valence electrons. The number of nitrogens with zero attached hydrogens (tertiary/aromatic N) is 2. The molecule has 0 aliphatic carbocycles. The van der Waals surface area contributed by atoms with Crippen LogP contribution in [0, 0.1) is 0 Å². The van der Waals surface area contributed by atoms with Gasteiger partial charge < -0.3 is 4.90 Å². The standard InChI is InChI=1S/C27H30N2O/c30-27(22-26(24-12-6-2-7-13-24)25-14-8-3-9-15-25)29-20-18-28(19-21-29)17-16-23-10-4-1-5-11-23/h1-15,26H,16-22H2. The van der Waals surface area contributed by atoms with Crippen molar-refractivity contribution in [3.63, 3.8) is 0 Å². The Labute approximate surface area is 180 Å². The van der Waals surface area contributed by atoms with Crippen LogP contribution in [-0.4, -0.2) is 48.4 Å². The second kappa shape index (κ2) is 10.2. The molecule has 1 heterocycles. The summed E-state index contributed by atoms with van der Waals surface area (Å²) in [5, 5.41) is 0. The molecular weight excluding hydrogens is 368 g/mol. The first-order valence-electron chi connectivity index (χ1n) is 10.9. The lowest BCUT2D eigenvalue weighted by molar-refractivity contribution is -0.133. The molecule has 1 saturated heterocycles. The van der Waals surface area contributed by atoms with E-state index in [2.05, 4.69) is 88.7 Å². The lowest BCUT2D eigenvalue weighted by Gasteiger charge is -2.35. The highest BCUT2D eigenvalue weighted by molar-refractivity contribution is 5.78. The SMILES string of the molecule is O=C(CC(c1ccccc1)c1ccccc1)N1CCN(CCc2ccccc2)CC1. The Morgan fingerprint density at radius 1 is 0.700 bits per heavy atom. The van der Waals surface area contributed by atoms with Crippen LogP contribution in [0.4, 0.5) is 0 Å². The summed E-state index contributed by atoms with van der Waals surface area (Å²) in [7, 11) is 0. The van der Waals surface area contributed by atoms with Crippen molar-refractivity contribution >= 4 is 5.91 Å². The van der Waals surface area contributed by atoms with E-state index < -0.39 is 0 Å². The zero-order chi connectivity index (χ0) is 20.6. The molecule has 0 saturated carbocycles. The fraction of sp³-hybridized carbons (Fsp3) is 0.296. The highest BCUT2D eigenvalue weighted by Gasteiger charge is 2.25. The number of carbonyl (C=O) groups excluding carboxylic acids is 1. The third kappa shape index (κ3) is 5.37. The third-order valence-electron chi connectivity index (χ3n) is 6.07. The molecule has 0 aromatic heterocycles. The first-order chi connectivity index (χ1) is 14.8. The minimum absolute atomic E-state index is 0.107. The normalized spacial score (nSPS) is 14.8. The molecule has 4 rings (SSSR count). The van der Waals surface area contributed by atoms with E-state index in [0.717, 1.165) is 39.1 Å². The summed E-state index contributed by atoms with van der Waals surface area (Å²) in [6.45, 7) is 4.62. The summed E-state index contributed by atoms with van der Waals surface area (Å²) in [5.41, 5.74) is 3.79. The first kappa shape index (κ1) is 20.4. The van der Waals surface area contributed by atoms with Crippen molar-refractivity contribution in [2.45, 2.75) is 18.8 Å². The van der Waals surface area contributed by atoms with Gasteiger partial charge in [0.25, 0.3) is 0 Å². The number of carbonyl (C=O) groups is 1. The molecule has 1 aliphatic rings. The second-order valence-electron chi connectivity index (χ2n) is 8.04. The van der Waals surface area contributed by atoms with E-state index in [0.29, 0.717) is 6.42 Å². The number of benzene rings is 3. The van der Waals surface area contributed by atoms with Crippen molar-refractivity contribution in [1.82, 2.24) is 9.80 Å². The summed E-state index contributed by atoms with van der Waals surface area (Å²) in [6, 6.07) is 31.4. The molecule has 1 fully saturated rings. The van der Waals surface area contributed by atoms with Gasteiger partial charge in [0.15, 0.2) is 0 Å². The van der Waals surface area contributed by atoms with E-state index in [1.807, 2.05) is 12.1 Å². The molecule has 0 bridgehead atoms. The molecule has 3 nitrogen and oxygen atoms in total. The van der Waals surface area contributed by atoms with E-state index in [1.165, 1.54) is 16.7 Å². The summed E-state index contributed by atoms with van der Waals surface area (Å²) in [6.07, 6.45) is 1.59. The number of rotatable bonds is 7. The zero-order valence-electron chi connectivity index (χ0n) is 17.5. The van der Waals surface area contributed by atoms with Crippen molar-refractivity contribution in [2.24, 2.45) is 0 Å². The van der Waals surface area contributed by atoms with E-state index >= 15 is 0 Å². The summed E-state index contributed by atoms with van der Waals surface area (Å²) >= 11 is 0. The van der Waals surface area contributed by atoms with Crippen LogP contribution in [0.15, 0.2) is 91.0 Å². The summed E-state index contributed by atoms with van der Waals surface area (Å²) in [4.78, 5) is 17.7. The average Bonchev–Trinajstić information content (AvgIpc) is 2.83. The molecule has 0 atom stereocenters. The Hall–Kier alpha value is -2.91. The molecule has 0 radical (unpaired) electrons. The maximum Gasteiger partial charge on any atom is 0.223 e. The molecule has 3 aromatic rings. The van der Waals surface area contributed by atoms with Gasteiger partial charge in [-0.2, -0.15) is 0 Å². The van der Waals surface area contributed by atoms with E-state index in [4.69, 9.17) is 0 Å². The highest BCUT2D eigenvalue weighted by Crippen LogP contribution is 2.28. The van der Waals surface area contributed by atoms with Gasteiger partial charge in [-0.3, -0.25) is 9.69 Å². The van der Waals surface area contributed by atoms with Crippen LogP contribution < -0.4 is 0 Å². The zero-order valence-corrected chi connectivity index (χ0v) is 17.5. The van der Waals surface area contributed by atoms with Gasteiger partial charge in [0.1, 0.15) is 0 Å². The minimum atomic E-state index is 0.107. The van der Waals surface area contributed by atoms with E-state index in [1.54, 1.807) is 0 Å². The molecule has 1 aliphatic heterocycles. The van der Waals surface area contributed by atoms with E-state index in [9.17, 15) is 4.79 Å². The fourth-order valence-corrected chi connectivity index (χ4v) is 4.26. The quantitative estimate of drug-likeness (QED) is 0.581. The van der Waals surface area contributed by atoms with Crippen LogP contribution >= 0.6 is 0 Å². The first-order valence-corrected chi connectivity index (χ1v) is 10.9. The van der Waals surface area contributed by atoms with Gasteiger partial charge in [-0.05, 0) is 23.1 Å². The maximum atomic E-state index is 13.1. The smallest absolute Gasteiger partial charge is 0.223 e. The van der Waals surface area contributed by atoms with Gasteiger partial charge in [0.2, 0.25) is 5.91 Å². The topological polar surface area (TPSA) is 23.6 Å². The van der Waals surface area contributed by atoms with Crippen LogP contribution in [0.25, 0.3) is 0 Å². The highest BCUT2D eigenvalue weighted by atomic mass is 16.2. The maximum absolute atomic E-state index is 13.1. The van der Waals surface area contributed by atoms with Crippen molar-refractivity contribution in [3.05, 3.63) is 108 Å². The Bertz CT molecular complexity index is 864. The molecule has 1 amide bonds. The summed E-state index contributed by atoms with van der Waals surface area (Å²) < 4.78 is 0. The van der Waals surface area contributed by atoms with Gasteiger partial charge in [-0.1, -0.05) is 91.0 Å². The minimum Gasteiger partial charge on any atom is -0.340 e. The predicted octanol–water partition coefficient (Wildman–Crippen LogP) is 4.60. The van der Waals surface area contributed by atoms with Crippen molar-refractivity contribution < 1.29 is 4.79 Å². The van der Waals surface area contributed by atoms with Crippen LogP contribution in [0.2, 0.25) is 0 Å². The van der Waals surface area contributed by atoms with Gasteiger partial charge in [-0.15, -0.1) is 0 Å². The van der Waals surface area contributed by atoms with E-state index in [-0.39, 0.29) is 11.8 Å². The lowest BCUT2D eigenvalue weighted by Crippen LogP contribution is -2.49. The Kier molecular flexibility index (Phi) is 6.94. The van der Waals surface area contributed by atoms with Crippen molar-refractivity contribution in [2.75, 3.05) is 32.7 Å². The molecule has 0 spiro atoms. The molecule has 0 unspecified atom stereocenters. The van der Waals surface area contributed by atoms with Crippen LogP contribution in [0.3, 0.4) is 0 Å². The fourth-order valence-electron chi connectivity index (χ4n) is 4.26. The Morgan fingerprint density at radius 3 is 1.73 bits per heavy atom. The second-order valence-corrected chi connectivity index (χ2v) is 8.04. The van der Waals surface area contributed by atoms with Gasteiger partial charge in [0.05, 0.1) is 0 Å². The molecule has 3 aromatic carbocycles. The Morgan fingerprint density at radius 2 is 1.20 bits per heavy atom.